The molecule has 0 saturated carbocycles. The van der Waals surface area contributed by atoms with E-state index < -0.39 is 5.97 Å². The number of carbonyl (C=O) groups is 2. The summed E-state index contributed by atoms with van der Waals surface area (Å²) in [5.74, 6) is -0.552. The predicted octanol–water partition coefficient (Wildman–Crippen LogP) is 5.22. The van der Waals surface area contributed by atoms with Crippen LogP contribution in [0, 0.1) is 5.92 Å². The van der Waals surface area contributed by atoms with Crippen molar-refractivity contribution in [3.63, 3.8) is 0 Å². The minimum absolute atomic E-state index is 0.159. The molecule has 0 atom stereocenters. The standard InChI is InChI=1S/C24H27N3O3S/c1-16(2)7-8-17-5-3-4-6-19(17)14-25-20-11-9-18(10-12-20)23(30)27-24-26-21(15-31-24)13-22(28)29/h3-6,9-12,15-16,25H,7-8,13-14H2,1-2H3,(H,28,29)(H,26,27,30). The van der Waals surface area contributed by atoms with Gasteiger partial charge in [0.1, 0.15) is 0 Å². The van der Waals surface area contributed by atoms with Crippen LogP contribution in [-0.4, -0.2) is 22.0 Å². The molecule has 31 heavy (non-hydrogen) atoms. The van der Waals surface area contributed by atoms with Gasteiger partial charge in [-0.2, -0.15) is 0 Å². The number of aromatic nitrogens is 1. The zero-order chi connectivity index (χ0) is 22.2. The molecule has 0 saturated heterocycles. The smallest absolute Gasteiger partial charge is 0.309 e. The van der Waals surface area contributed by atoms with Gasteiger partial charge in [-0.05, 0) is 54.2 Å². The first-order valence-corrected chi connectivity index (χ1v) is 11.2. The van der Waals surface area contributed by atoms with Crippen LogP contribution in [0.2, 0.25) is 0 Å². The normalized spacial score (nSPS) is 10.8. The van der Waals surface area contributed by atoms with Crippen LogP contribution in [0.15, 0.2) is 53.9 Å². The van der Waals surface area contributed by atoms with Crippen molar-refractivity contribution in [1.82, 2.24) is 4.98 Å². The first-order valence-electron chi connectivity index (χ1n) is 10.3. The summed E-state index contributed by atoms with van der Waals surface area (Å²) in [5.41, 5.74) is 4.53. The number of anilines is 2. The van der Waals surface area contributed by atoms with E-state index in [1.54, 1.807) is 17.5 Å². The second-order valence-corrected chi connectivity index (χ2v) is 8.66. The molecule has 0 aliphatic rings. The largest absolute Gasteiger partial charge is 0.481 e. The number of carboxylic acid groups (broad SMARTS) is 1. The zero-order valence-electron chi connectivity index (χ0n) is 17.7. The number of carboxylic acids is 1. The van der Waals surface area contributed by atoms with E-state index in [0.717, 1.165) is 25.1 Å². The molecule has 0 spiro atoms. The molecular weight excluding hydrogens is 410 g/mol. The lowest BCUT2D eigenvalue weighted by molar-refractivity contribution is -0.136. The van der Waals surface area contributed by atoms with Gasteiger partial charge in [-0.25, -0.2) is 4.98 Å². The number of aliphatic carboxylic acids is 1. The molecule has 6 nitrogen and oxygen atoms in total. The van der Waals surface area contributed by atoms with Crippen LogP contribution < -0.4 is 10.6 Å². The van der Waals surface area contributed by atoms with Crippen molar-refractivity contribution in [3.05, 3.63) is 76.3 Å². The number of hydrogen-bond donors (Lipinski definition) is 3. The van der Waals surface area contributed by atoms with E-state index in [-0.39, 0.29) is 12.3 Å². The molecular formula is C24H27N3O3S. The highest BCUT2D eigenvalue weighted by Crippen LogP contribution is 2.19. The van der Waals surface area contributed by atoms with E-state index >= 15 is 0 Å². The Morgan fingerprint density at radius 2 is 1.77 bits per heavy atom. The number of hydrogen-bond acceptors (Lipinski definition) is 5. The number of benzene rings is 2. The molecule has 0 unspecified atom stereocenters. The van der Waals surface area contributed by atoms with Crippen LogP contribution in [0.4, 0.5) is 10.8 Å². The molecule has 0 aliphatic carbocycles. The molecule has 0 aliphatic heterocycles. The molecule has 7 heteroatoms. The van der Waals surface area contributed by atoms with Crippen molar-refractivity contribution in [2.24, 2.45) is 5.92 Å². The average Bonchev–Trinajstić information content (AvgIpc) is 3.17. The van der Waals surface area contributed by atoms with Crippen molar-refractivity contribution in [2.75, 3.05) is 10.6 Å². The SMILES string of the molecule is CC(C)CCc1ccccc1CNc1ccc(C(=O)Nc2nc(CC(=O)O)cs2)cc1. The van der Waals surface area contributed by atoms with Gasteiger partial charge in [0.15, 0.2) is 5.13 Å². The average molecular weight is 438 g/mol. The molecule has 3 aromatic rings. The first kappa shape index (κ1) is 22.5. The molecule has 1 aromatic heterocycles. The molecule has 0 bridgehead atoms. The summed E-state index contributed by atoms with van der Waals surface area (Å²) < 4.78 is 0. The molecule has 0 fully saturated rings. The van der Waals surface area contributed by atoms with E-state index in [9.17, 15) is 9.59 Å². The summed E-state index contributed by atoms with van der Waals surface area (Å²) in [6, 6.07) is 15.8. The summed E-state index contributed by atoms with van der Waals surface area (Å²) in [6.45, 7) is 5.20. The van der Waals surface area contributed by atoms with Crippen molar-refractivity contribution in [2.45, 2.75) is 39.7 Å². The fraction of sp³-hybridized carbons (Fsp3) is 0.292. The quantitative estimate of drug-likeness (QED) is 0.404. The Labute approximate surface area is 186 Å². The van der Waals surface area contributed by atoms with E-state index in [1.807, 2.05) is 12.1 Å². The Balaban J connectivity index is 1.56. The third-order valence-electron chi connectivity index (χ3n) is 4.84. The Bertz CT molecular complexity index is 1030. The van der Waals surface area contributed by atoms with Crippen LogP contribution >= 0.6 is 11.3 Å². The summed E-state index contributed by atoms with van der Waals surface area (Å²) in [5, 5.41) is 17.0. The van der Waals surface area contributed by atoms with Gasteiger partial charge in [-0.15, -0.1) is 11.3 Å². The molecule has 3 rings (SSSR count). The van der Waals surface area contributed by atoms with E-state index in [0.29, 0.717) is 22.3 Å². The Morgan fingerprint density at radius 1 is 1.06 bits per heavy atom. The molecule has 1 heterocycles. The highest BCUT2D eigenvalue weighted by atomic mass is 32.1. The number of nitrogens with one attached hydrogen (secondary N) is 2. The Hall–Kier alpha value is -3.19. The lowest BCUT2D eigenvalue weighted by atomic mass is 9.98. The maximum Gasteiger partial charge on any atom is 0.309 e. The number of nitrogens with zero attached hydrogens (tertiary/aromatic N) is 1. The number of carbonyl (C=O) groups excluding carboxylic acids is 1. The summed E-state index contributed by atoms with van der Waals surface area (Å²) in [6.07, 6.45) is 2.07. The summed E-state index contributed by atoms with van der Waals surface area (Å²) in [7, 11) is 0. The fourth-order valence-corrected chi connectivity index (χ4v) is 3.83. The minimum atomic E-state index is -0.950. The van der Waals surface area contributed by atoms with Gasteiger partial charge in [0.05, 0.1) is 12.1 Å². The van der Waals surface area contributed by atoms with Gasteiger partial charge in [0, 0.05) is 23.2 Å². The molecule has 162 valence electrons. The third kappa shape index (κ3) is 6.93. The van der Waals surface area contributed by atoms with Crippen molar-refractivity contribution >= 4 is 34.0 Å². The summed E-state index contributed by atoms with van der Waals surface area (Å²) >= 11 is 1.21. The predicted molar refractivity (Wildman–Crippen MR) is 125 cm³/mol. The van der Waals surface area contributed by atoms with Crippen LogP contribution in [0.3, 0.4) is 0 Å². The number of thiazole rings is 1. The minimum Gasteiger partial charge on any atom is -0.481 e. The van der Waals surface area contributed by atoms with E-state index in [2.05, 4.69) is 53.7 Å². The molecule has 1 amide bonds. The van der Waals surface area contributed by atoms with Gasteiger partial charge in [0.25, 0.3) is 5.91 Å². The Kier molecular flexibility index (Phi) is 7.78. The third-order valence-corrected chi connectivity index (χ3v) is 5.65. The number of rotatable bonds is 10. The molecule has 2 aromatic carbocycles. The van der Waals surface area contributed by atoms with Crippen LogP contribution in [0.1, 0.15) is 47.4 Å². The van der Waals surface area contributed by atoms with Crippen LogP contribution in [0.5, 0.6) is 0 Å². The topological polar surface area (TPSA) is 91.3 Å². The zero-order valence-corrected chi connectivity index (χ0v) is 18.5. The van der Waals surface area contributed by atoms with E-state index in [1.165, 1.54) is 22.5 Å². The second kappa shape index (κ2) is 10.7. The highest BCUT2D eigenvalue weighted by Gasteiger charge is 2.11. The van der Waals surface area contributed by atoms with Gasteiger partial charge >= 0.3 is 5.97 Å². The lowest BCUT2D eigenvalue weighted by Crippen LogP contribution is -2.12. The number of amides is 1. The molecule has 3 N–H and O–H groups in total. The van der Waals surface area contributed by atoms with Gasteiger partial charge in [0.2, 0.25) is 0 Å². The van der Waals surface area contributed by atoms with Gasteiger partial charge in [-0.3, -0.25) is 14.9 Å². The van der Waals surface area contributed by atoms with E-state index in [4.69, 9.17) is 5.11 Å². The van der Waals surface area contributed by atoms with Crippen LogP contribution in [0.25, 0.3) is 0 Å². The maximum absolute atomic E-state index is 12.4. The second-order valence-electron chi connectivity index (χ2n) is 7.80. The van der Waals surface area contributed by atoms with Crippen LogP contribution in [-0.2, 0) is 24.2 Å². The highest BCUT2D eigenvalue weighted by molar-refractivity contribution is 7.14. The van der Waals surface area contributed by atoms with Crippen molar-refractivity contribution < 1.29 is 14.7 Å². The van der Waals surface area contributed by atoms with Crippen molar-refractivity contribution in [1.29, 1.82) is 0 Å². The monoisotopic (exact) mass is 437 g/mol. The van der Waals surface area contributed by atoms with Crippen molar-refractivity contribution in [3.8, 4) is 0 Å². The van der Waals surface area contributed by atoms with Gasteiger partial charge < -0.3 is 10.4 Å². The van der Waals surface area contributed by atoms with Gasteiger partial charge in [-0.1, -0.05) is 38.1 Å². The maximum atomic E-state index is 12.4. The summed E-state index contributed by atoms with van der Waals surface area (Å²) in [4.78, 5) is 27.3. The molecule has 0 radical (unpaired) electrons. The first-order chi connectivity index (χ1) is 14.9. The lowest BCUT2D eigenvalue weighted by Gasteiger charge is -2.13. The Morgan fingerprint density at radius 3 is 2.45 bits per heavy atom. The number of aryl methyl sites for hydroxylation is 1. The fourth-order valence-electron chi connectivity index (χ4n) is 3.12.